The molecule has 0 saturated carbocycles. The summed E-state index contributed by atoms with van der Waals surface area (Å²) in [5.41, 5.74) is 10.6. The van der Waals surface area contributed by atoms with Crippen molar-refractivity contribution in [1.29, 1.82) is 0 Å². The molecule has 11 aromatic rings. The standard InChI is InChI=1S/C52H36N6/c1-3-15-33(16-4-1)55-43-23-11-7-19-35(43)39-27-29-41-37-21-9-13-25-45(37)57(51(41)49(39)55)47-31-32-48(54-53-47)58-46-26-14-10-22-38(46)42-30-28-40-36-20-8-12-24-44(36)56(50(40)52(42)58)34-17-5-2-6-18-34/h1,3-5,7-15,17-33H,2,6,16H2. The van der Waals surface area contributed by atoms with E-state index in [0.29, 0.717) is 0 Å². The maximum Gasteiger partial charge on any atom is 0.160 e. The van der Waals surface area contributed by atoms with Crippen LogP contribution in [0.25, 0.3) is 105 Å². The maximum absolute atomic E-state index is 5.16. The molecule has 5 heterocycles. The molecule has 58 heavy (non-hydrogen) atoms. The highest BCUT2D eigenvalue weighted by Crippen LogP contribution is 2.44. The summed E-state index contributed by atoms with van der Waals surface area (Å²) < 4.78 is 9.67. The van der Waals surface area contributed by atoms with Crippen LogP contribution in [0.15, 0.2) is 176 Å². The lowest BCUT2D eigenvalue weighted by Gasteiger charge is -2.19. The number of aromatic nitrogens is 6. The molecule has 13 rings (SSSR count). The Morgan fingerprint density at radius 3 is 1.41 bits per heavy atom. The second kappa shape index (κ2) is 12.0. The summed E-state index contributed by atoms with van der Waals surface area (Å²) in [6.45, 7) is 0. The average molecular weight is 745 g/mol. The van der Waals surface area contributed by atoms with E-state index in [1.54, 1.807) is 0 Å². The van der Waals surface area contributed by atoms with Crippen molar-refractivity contribution >= 4 is 92.9 Å². The Morgan fingerprint density at radius 2 is 0.897 bits per heavy atom. The molecule has 2 aliphatic rings. The summed E-state index contributed by atoms with van der Waals surface area (Å²) in [6, 6.07) is 48.7. The first-order valence-electron chi connectivity index (χ1n) is 20.3. The van der Waals surface area contributed by atoms with Crippen molar-refractivity contribution in [1.82, 2.24) is 28.5 Å². The van der Waals surface area contributed by atoms with Gasteiger partial charge in [-0.3, -0.25) is 9.13 Å². The zero-order chi connectivity index (χ0) is 37.9. The van der Waals surface area contributed by atoms with Crippen LogP contribution in [0.3, 0.4) is 0 Å². The van der Waals surface area contributed by atoms with Gasteiger partial charge in [-0.25, -0.2) is 0 Å². The third kappa shape index (κ3) is 4.26. The highest BCUT2D eigenvalue weighted by Gasteiger charge is 2.25. The van der Waals surface area contributed by atoms with Crippen molar-refractivity contribution in [2.45, 2.75) is 25.3 Å². The first-order chi connectivity index (χ1) is 28.8. The molecule has 1 unspecified atom stereocenters. The van der Waals surface area contributed by atoms with Gasteiger partial charge in [0, 0.05) is 54.3 Å². The Morgan fingerprint density at radius 1 is 0.414 bits per heavy atom. The normalized spacial score (nSPS) is 15.8. The first kappa shape index (κ1) is 31.7. The van der Waals surface area contributed by atoms with Gasteiger partial charge >= 0.3 is 0 Å². The van der Waals surface area contributed by atoms with Crippen LogP contribution in [0.5, 0.6) is 0 Å². The molecule has 6 heteroatoms. The van der Waals surface area contributed by atoms with E-state index in [1.807, 2.05) is 0 Å². The van der Waals surface area contributed by atoms with Gasteiger partial charge in [0.05, 0.1) is 44.7 Å². The zero-order valence-corrected chi connectivity index (χ0v) is 31.6. The van der Waals surface area contributed by atoms with Crippen LogP contribution in [0, 0.1) is 0 Å². The van der Waals surface area contributed by atoms with Gasteiger partial charge < -0.3 is 9.13 Å². The number of hydrogen-bond donors (Lipinski definition) is 0. The molecule has 1 atom stereocenters. The van der Waals surface area contributed by atoms with Crippen LogP contribution in [0.4, 0.5) is 0 Å². The minimum absolute atomic E-state index is 0.195. The Bertz CT molecular complexity index is 3650. The Balaban J connectivity index is 1.10. The van der Waals surface area contributed by atoms with E-state index in [4.69, 9.17) is 10.2 Å². The van der Waals surface area contributed by atoms with Crippen LogP contribution in [0.1, 0.15) is 25.3 Å². The number of benzene rings is 6. The number of hydrogen-bond acceptors (Lipinski definition) is 2. The second-order valence-corrected chi connectivity index (χ2v) is 15.6. The molecule has 0 bridgehead atoms. The monoisotopic (exact) mass is 744 g/mol. The van der Waals surface area contributed by atoms with Gasteiger partial charge in [-0.15, -0.1) is 10.2 Å². The molecule has 0 N–H and O–H groups in total. The Labute approximate surface area is 333 Å². The lowest BCUT2D eigenvalue weighted by atomic mass is 10.1. The number of fused-ring (bicyclic) bond motifs is 14. The lowest BCUT2D eigenvalue weighted by molar-refractivity contribution is 0.648. The molecule has 0 spiro atoms. The van der Waals surface area contributed by atoms with Crippen molar-refractivity contribution in [3.8, 4) is 11.6 Å². The predicted molar refractivity (Wildman–Crippen MR) is 241 cm³/mol. The topological polar surface area (TPSA) is 45.5 Å². The number of nitrogens with zero attached hydrogens (tertiary/aromatic N) is 6. The summed E-state index contributed by atoms with van der Waals surface area (Å²) in [5, 5.41) is 20.1. The van der Waals surface area contributed by atoms with E-state index >= 15 is 0 Å². The molecule has 5 aromatic heterocycles. The van der Waals surface area contributed by atoms with E-state index in [2.05, 4.69) is 194 Å². The van der Waals surface area contributed by atoms with Gasteiger partial charge in [0.25, 0.3) is 0 Å². The highest BCUT2D eigenvalue weighted by atomic mass is 15.3. The van der Waals surface area contributed by atoms with Crippen molar-refractivity contribution in [3.63, 3.8) is 0 Å². The highest BCUT2D eigenvalue weighted by molar-refractivity contribution is 6.25. The molecule has 6 nitrogen and oxygen atoms in total. The minimum Gasteiger partial charge on any atom is -0.331 e. The molecule has 0 saturated heterocycles. The zero-order valence-electron chi connectivity index (χ0n) is 31.6. The molecular formula is C52H36N6. The van der Waals surface area contributed by atoms with Crippen LogP contribution in [-0.4, -0.2) is 28.5 Å². The summed E-state index contributed by atoms with van der Waals surface area (Å²) >= 11 is 0. The van der Waals surface area contributed by atoms with Crippen LogP contribution in [0.2, 0.25) is 0 Å². The minimum atomic E-state index is 0.195. The molecule has 0 amide bonds. The van der Waals surface area contributed by atoms with E-state index in [0.717, 1.165) is 53.0 Å². The van der Waals surface area contributed by atoms with Crippen molar-refractivity contribution in [2.24, 2.45) is 0 Å². The second-order valence-electron chi connectivity index (χ2n) is 15.6. The fraction of sp³-hybridized carbons (Fsp3) is 0.0769. The molecule has 274 valence electrons. The average Bonchev–Trinajstić information content (AvgIpc) is 4.02. The molecular weight excluding hydrogens is 709 g/mol. The van der Waals surface area contributed by atoms with Gasteiger partial charge in [0.2, 0.25) is 0 Å². The summed E-state index contributed by atoms with van der Waals surface area (Å²) in [4.78, 5) is 0. The molecule has 0 radical (unpaired) electrons. The fourth-order valence-electron chi connectivity index (χ4n) is 10.2. The van der Waals surface area contributed by atoms with Crippen molar-refractivity contribution in [2.75, 3.05) is 0 Å². The smallest absolute Gasteiger partial charge is 0.160 e. The van der Waals surface area contributed by atoms with E-state index in [-0.39, 0.29) is 6.04 Å². The van der Waals surface area contributed by atoms with Gasteiger partial charge in [-0.1, -0.05) is 134 Å². The third-order valence-corrected chi connectivity index (χ3v) is 12.6. The maximum atomic E-state index is 5.16. The largest absolute Gasteiger partial charge is 0.331 e. The third-order valence-electron chi connectivity index (χ3n) is 12.6. The number of allylic oxidation sites excluding steroid dienone is 8. The van der Waals surface area contributed by atoms with Crippen LogP contribution in [-0.2, 0) is 0 Å². The SMILES string of the molecule is C1=CCC(n2c3ccccc3c3ccc4c5ccccc5n(-c5ccc(-n6c7ccccc7c7ccc8c9ccccc9n(C9=CCCC=C9)c8c76)nn5)c4c32)C=C1. The van der Waals surface area contributed by atoms with Gasteiger partial charge in [-0.05, 0) is 61.7 Å². The summed E-state index contributed by atoms with van der Waals surface area (Å²) in [5.74, 6) is 1.57. The van der Waals surface area contributed by atoms with Gasteiger partial charge in [0.1, 0.15) is 0 Å². The van der Waals surface area contributed by atoms with Crippen molar-refractivity contribution in [3.05, 3.63) is 176 Å². The van der Waals surface area contributed by atoms with E-state index in [9.17, 15) is 0 Å². The Kier molecular flexibility index (Phi) is 6.58. The van der Waals surface area contributed by atoms with Crippen LogP contribution < -0.4 is 0 Å². The van der Waals surface area contributed by atoms with Crippen molar-refractivity contribution < 1.29 is 0 Å². The quantitative estimate of drug-likeness (QED) is 0.180. The predicted octanol–water partition coefficient (Wildman–Crippen LogP) is 13.1. The summed E-state index contributed by atoms with van der Waals surface area (Å²) in [6.07, 6.45) is 18.9. The van der Waals surface area contributed by atoms with Gasteiger partial charge in [0.15, 0.2) is 11.6 Å². The Hall–Kier alpha value is -7.44. The number of para-hydroxylation sites is 4. The fourth-order valence-corrected chi connectivity index (χ4v) is 10.2. The molecule has 2 aliphatic carbocycles. The molecule has 6 aromatic carbocycles. The molecule has 0 aliphatic heterocycles. The van der Waals surface area contributed by atoms with E-state index in [1.165, 1.54) is 70.9 Å². The van der Waals surface area contributed by atoms with Gasteiger partial charge in [-0.2, -0.15) is 0 Å². The van der Waals surface area contributed by atoms with Crippen LogP contribution >= 0.6 is 0 Å². The summed E-state index contributed by atoms with van der Waals surface area (Å²) in [7, 11) is 0. The van der Waals surface area contributed by atoms with E-state index < -0.39 is 0 Å². The lowest BCUT2D eigenvalue weighted by Crippen LogP contribution is -2.08. The molecule has 0 fully saturated rings. The number of rotatable bonds is 4. The first-order valence-corrected chi connectivity index (χ1v) is 20.3.